The number of carbonyl (C=O) groups excluding carboxylic acids is 1. The summed E-state index contributed by atoms with van der Waals surface area (Å²) in [5.74, 6) is -1.14. The number of pyridine rings is 1. The summed E-state index contributed by atoms with van der Waals surface area (Å²) >= 11 is 0. The maximum atomic E-state index is 12.3. The lowest BCUT2D eigenvalue weighted by Crippen LogP contribution is -2.36. The largest absolute Gasteiger partial charge is 0.417 e. The van der Waals surface area contributed by atoms with Crippen LogP contribution < -0.4 is 4.72 Å². The summed E-state index contributed by atoms with van der Waals surface area (Å²) in [7, 11) is -3.79. The molecule has 0 radical (unpaired) electrons. The highest BCUT2D eigenvalue weighted by Gasteiger charge is 2.31. The number of rotatable bonds is 4. The van der Waals surface area contributed by atoms with E-state index >= 15 is 0 Å². The third-order valence-corrected chi connectivity index (χ3v) is 4.66. The van der Waals surface area contributed by atoms with E-state index in [1.807, 2.05) is 4.72 Å². The van der Waals surface area contributed by atoms with Crippen molar-refractivity contribution in [2.24, 2.45) is 5.92 Å². The van der Waals surface area contributed by atoms with Crippen LogP contribution in [0.2, 0.25) is 0 Å². The number of alkyl halides is 3. The standard InChI is InChI=1S/C12H13F3N2O3S/c13-12(14,15)9-4-5-10(16-6-9)11(18)17-21(19,20)7-8-2-1-3-8/h4-6,8H,1-3,7H2,(H,17,18). The van der Waals surface area contributed by atoms with Gasteiger partial charge < -0.3 is 0 Å². The predicted octanol–water partition coefficient (Wildman–Crippen LogP) is 1.96. The van der Waals surface area contributed by atoms with E-state index in [0.717, 1.165) is 25.3 Å². The van der Waals surface area contributed by atoms with Crippen molar-refractivity contribution in [3.8, 4) is 0 Å². The van der Waals surface area contributed by atoms with Crippen LogP contribution in [-0.4, -0.2) is 25.1 Å². The maximum absolute atomic E-state index is 12.3. The topological polar surface area (TPSA) is 76.1 Å². The average molecular weight is 322 g/mol. The Morgan fingerprint density at radius 1 is 1.33 bits per heavy atom. The minimum Gasteiger partial charge on any atom is -0.266 e. The second-order valence-corrected chi connectivity index (χ2v) is 6.71. The maximum Gasteiger partial charge on any atom is 0.417 e. The van der Waals surface area contributed by atoms with Gasteiger partial charge in [0.15, 0.2) is 0 Å². The summed E-state index contributed by atoms with van der Waals surface area (Å²) in [5, 5.41) is 0. The Bertz CT molecular complexity index is 622. The lowest BCUT2D eigenvalue weighted by atomic mass is 9.87. The van der Waals surface area contributed by atoms with Gasteiger partial charge in [0.2, 0.25) is 10.0 Å². The minimum atomic E-state index is -4.56. The van der Waals surface area contributed by atoms with Crippen LogP contribution in [0.25, 0.3) is 0 Å². The monoisotopic (exact) mass is 322 g/mol. The fraction of sp³-hybridized carbons (Fsp3) is 0.500. The Hall–Kier alpha value is -1.64. The molecule has 0 bridgehead atoms. The second-order valence-electron chi connectivity index (χ2n) is 4.94. The molecule has 1 amide bonds. The van der Waals surface area contributed by atoms with Gasteiger partial charge in [0.1, 0.15) is 5.69 Å². The fourth-order valence-corrected chi connectivity index (χ4v) is 3.33. The summed E-state index contributed by atoms with van der Waals surface area (Å²) < 4.78 is 62.3. The Labute approximate surface area is 119 Å². The average Bonchev–Trinajstić information content (AvgIpc) is 2.33. The molecule has 1 N–H and O–H groups in total. The van der Waals surface area contributed by atoms with Crippen molar-refractivity contribution in [1.29, 1.82) is 0 Å². The van der Waals surface area contributed by atoms with Crippen molar-refractivity contribution < 1.29 is 26.4 Å². The van der Waals surface area contributed by atoms with E-state index in [-0.39, 0.29) is 17.4 Å². The van der Waals surface area contributed by atoms with Gasteiger partial charge in [-0.3, -0.25) is 9.78 Å². The molecule has 21 heavy (non-hydrogen) atoms. The van der Waals surface area contributed by atoms with E-state index in [1.54, 1.807) is 0 Å². The van der Waals surface area contributed by atoms with Gasteiger partial charge in [-0.2, -0.15) is 13.2 Å². The van der Waals surface area contributed by atoms with Crippen molar-refractivity contribution in [2.75, 3.05) is 5.75 Å². The number of aromatic nitrogens is 1. The molecule has 0 unspecified atom stereocenters. The summed E-state index contributed by atoms with van der Waals surface area (Å²) in [6, 6.07) is 1.53. The van der Waals surface area contributed by atoms with Gasteiger partial charge in [-0.15, -0.1) is 0 Å². The Balaban J connectivity index is 2.02. The van der Waals surface area contributed by atoms with E-state index in [4.69, 9.17) is 0 Å². The second kappa shape index (κ2) is 5.63. The number of nitrogens with one attached hydrogen (secondary N) is 1. The Morgan fingerprint density at radius 2 is 2.00 bits per heavy atom. The molecule has 1 saturated carbocycles. The van der Waals surface area contributed by atoms with Gasteiger partial charge in [-0.1, -0.05) is 6.42 Å². The quantitative estimate of drug-likeness (QED) is 0.919. The van der Waals surface area contributed by atoms with Crippen LogP contribution in [0.15, 0.2) is 18.3 Å². The first-order valence-electron chi connectivity index (χ1n) is 6.25. The molecule has 0 atom stereocenters. The summed E-state index contributed by atoms with van der Waals surface area (Å²) in [6.07, 6.45) is -1.50. The molecule has 1 aromatic heterocycles. The zero-order chi connectivity index (χ0) is 15.7. The molecular weight excluding hydrogens is 309 g/mol. The highest BCUT2D eigenvalue weighted by Crippen LogP contribution is 2.28. The molecule has 1 aromatic rings. The van der Waals surface area contributed by atoms with E-state index in [9.17, 15) is 26.4 Å². The van der Waals surface area contributed by atoms with E-state index < -0.39 is 27.7 Å². The molecule has 0 aliphatic heterocycles. The summed E-state index contributed by atoms with van der Waals surface area (Å²) in [4.78, 5) is 15.0. The number of carbonyl (C=O) groups is 1. The third kappa shape index (κ3) is 4.16. The lowest BCUT2D eigenvalue weighted by molar-refractivity contribution is -0.137. The molecule has 1 aliphatic carbocycles. The predicted molar refractivity (Wildman–Crippen MR) is 67.8 cm³/mol. The van der Waals surface area contributed by atoms with Crippen molar-refractivity contribution in [1.82, 2.24) is 9.71 Å². The van der Waals surface area contributed by atoms with Crippen LogP contribution in [0, 0.1) is 5.92 Å². The van der Waals surface area contributed by atoms with Crippen molar-refractivity contribution in [2.45, 2.75) is 25.4 Å². The number of hydrogen-bond donors (Lipinski definition) is 1. The Morgan fingerprint density at radius 3 is 2.43 bits per heavy atom. The SMILES string of the molecule is O=C(NS(=O)(=O)CC1CCC1)c1ccc(C(F)(F)F)cn1. The van der Waals surface area contributed by atoms with E-state index in [2.05, 4.69) is 4.98 Å². The zero-order valence-corrected chi connectivity index (χ0v) is 11.7. The Kier molecular flexibility index (Phi) is 4.22. The third-order valence-electron chi connectivity index (χ3n) is 3.25. The van der Waals surface area contributed by atoms with Gasteiger partial charge in [0.25, 0.3) is 5.91 Å². The van der Waals surface area contributed by atoms with Crippen LogP contribution in [0.5, 0.6) is 0 Å². The molecule has 116 valence electrons. The highest BCUT2D eigenvalue weighted by atomic mass is 32.2. The van der Waals surface area contributed by atoms with E-state index in [0.29, 0.717) is 12.3 Å². The van der Waals surface area contributed by atoms with Gasteiger partial charge in [0.05, 0.1) is 11.3 Å². The van der Waals surface area contributed by atoms with Crippen LogP contribution in [-0.2, 0) is 16.2 Å². The number of amides is 1. The van der Waals surface area contributed by atoms with Crippen LogP contribution in [0.4, 0.5) is 13.2 Å². The first-order chi connectivity index (χ1) is 9.67. The molecule has 1 aliphatic rings. The van der Waals surface area contributed by atoms with Crippen molar-refractivity contribution in [3.05, 3.63) is 29.6 Å². The summed E-state index contributed by atoms with van der Waals surface area (Å²) in [5.41, 5.74) is -1.38. The van der Waals surface area contributed by atoms with Gasteiger partial charge >= 0.3 is 6.18 Å². The molecule has 0 aromatic carbocycles. The van der Waals surface area contributed by atoms with Gasteiger partial charge in [-0.05, 0) is 30.9 Å². The molecule has 0 saturated heterocycles. The first kappa shape index (κ1) is 15.7. The first-order valence-corrected chi connectivity index (χ1v) is 7.91. The van der Waals surface area contributed by atoms with Crippen molar-refractivity contribution in [3.63, 3.8) is 0 Å². The van der Waals surface area contributed by atoms with Crippen LogP contribution in [0.3, 0.4) is 0 Å². The molecule has 9 heteroatoms. The molecule has 2 rings (SSSR count). The molecular formula is C12H13F3N2O3S. The van der Waals surface area contributed by atoms with E-state index in [1.165, 1.54) is 0 Å². The van der Waals surface area contributed by atoms with Crippen LogP contribution in [0.1, 0.15) is 35.3 Å². The zero-order valence-electron chi connectivity index (χ0n) is 10.9. The smallest absolute Gasteiger partial charge is 0.266 e. The normalized spacial score (nSPS) is 16.3. The lowest BCUT2D eigenvalue weighted by Gasteiger charge is -2.24. The van der Waals surface area contributed by atoms with Gasteiger partial charge in [-0.25, -0.2) is 13.1 Å². The highest BCUT2D eigenvalue weighted by molar-refractivity contribution is 7.90. The van der Waals surface area contributed by atoms with Crippen molar-refractivity contribution >= 4 is 15.9 Å². The van der Waals surface area contributed by atoms with Crippen LogP contribution >= 0.6 is 0 Å². The molecule has 1 heterocycles. The molecule has 0 spiro atoms. The fourth-order valence-electron chi connectivity index (χ4n) is 1.90. The number of sulfonamides is 1. The molecule has 5 nitrogen and oxygen atoms in total. The number of nitrogens with zero attached hydrogens (tertiary/aromatic N) is 1. The number of hydrogen-bond acceptors (Lipinski definition) is 4. The minimum absolute atomic E-state index is 0.0378. The summed E-state index contributed by atoms with van der Waals surface area (Å²) in [6.45, 7) is 0. The molecule has 1 fully saturated rings. The number of halogens is 3. The van der Waals surface area contributed by atoms with Gasteiger partial charge in [0, 0.05) is 6.20 Å².